The topological polar surface area (TPSA) is 32.5 Å². The second-order valence-electron chi connectivity index (χ2n) is 6.41. The SMILES string of the molecule is CCCC(C)(CN)N1CCN(C2CCCC2)CC1. The fourth-order valence-corrected chi connectivity index (χ4v) is 3.82. The molecule has 18 heavy (non-hydrogen) atoms. The van der Waals surface area contributed by atoms with Crippen molar-refractivity contribution in [3.8, 4) is 0 Å². The summed E-state index contributed by atoms with van der Waals surface area (Å²) in [4.78, 5) is 5.37. The molecule has 0 aromatic rings. The molecule has 0 spiro atoms. The van der Waals surface area contributed by atoms with E-state index in [1.165, 1.54) is 64.7 Å². The predicted molar refractivity (Wildman–Crippen MR) is 77.8 cm³/mol. The van der Waals surface area contributed by atoms with Gasteiger partial charge in [-0.05, 0) is 26.2 Å². The van der Waals surface area contributed by atoms with Crippen LogP contribution in [0.25, 0.3) is 0 Å². The first kappa shape index (κ1) is 14.3. The van der Waals surface area contributed by atoms with Gasteiger partial charge in [0.05, 0.1) is 0 Å². The van der Waals surface area contributed by atoms with Crippen LogP contribution in [0, 0.1) is 0 Å². The van der Waals surface area contributed by atoms with E-state index < -0.39 is 0 Å². The zero-order valence-corrected chi connectivity index (χ0v) is 12.3. The van der Waals surface area contributed by atoms with Gasteiger partial charge in [-0.2, -0.15) is 0 Å². The molecule has 1 aliphatic carbocycles. The molecule has 2 rings (SSSR count). The van der Waals surface area contributed by atoms with Crippen LogP contribution in [0.3, 0.4) is 0 Å². The number of piperazine rings is 1. The van der Waals surface area contributed by atoms with E-state index in [2.05, 4.69) is 23.6 Å². The molecule has 2 fully saturated rings. The zero-order valence-electron chi connectivity index (χ0n) is 12.3. The summed E-state index contributed by atoms with van der Waals surface area (Å²) in [6, 6.07) is 0.891. The Kier molecular flexibility index (Phi) is 5.05. The average Bonchev–Trinajstić information content (AvgIpc) is 2.93. The Morgan fingerprint density at radius 3 is 2.22 bits per heavy atom. The largest absolute Gasteiger partial charge is 0.329 e. The molecule has 0 aromatic carbocycles. The van der Waals surface area contributed by atoms with Crippen molar-refractivity contribution in [3.05, 3.63) is 0 Å². The van der Waals surface area contributed by atoms with Gasteiger partial charge >= 0.3 is 0 Å². The highest BCUT2D eigenvalue weighted by Crippen LogP contribution is 2.27. The van der Waals surface area contributed by atoms with Gasteiger partial charge in [0.15, 0.2) is 0 Å². The van der Waals surface area contributed by atoms with Crippen molar-refractivity contribution >= 4 is 0 Å². The summed E-state index contributed by atoms with van der Waals surface area (Å²) in [7, 11) is 0. The minimum atomic E-state index is 0.233. The molecule has 0 bridgehead atoms. The van der Waals surface area contributed by atoms with Crippen LogP contribution in [-0.4, -0.2) is 54.1 Å². The maximum absolute atomic E-state index is 6.03. The van der Waals surface area contributed by atoms with Gasteiger partial charge in [0.1, 0.15) is 0 Å². The Morgan fingerprint density at radius 1 is 1.11 bits per heavy atom. The van der Waals surface area contributed by atoms with Crippen molar-refractivity contribution in [1.82, 2.24) is 9.80 Å². The van der Waals surface area contributed by atoms with Gasteiger partial charge in [-0.3, -0.25) is 9.80 Å². The molecule has 3 heteroatoms. The fourth-order valence-electron chi connectivity index (χ4n) is 3.82. The highest BCUT2D eigenvalue weighted by atomic mass is 15.3. The molecule has 2 aliphatic rings. The van der Waals surface area contributed by atoms with Gasteiger partial charge in [0, 0.05) is 44.3 Å². The molecule has 106 valence electrons. The third kappa shape index (κ3) is 3.06. The fraction of sp³-hybridized carbons (Fsp3) is 1.00. The number of nitrogens with two attached hydrogens (primary N) is 1. The quantitative estimate of drug-likeness (QED) is 0.814. The summed E-state index contributed by atoms with van der Waals surface area (Å²) < 4.78 is 0. The van der Waals surface area contributed by atoms with Crippen LogP contribution >= 0.6 is 0 Å². The number of hydrogen-bond donors (Lipinski definition) is 1. The van der Waals surface area contributed by atoms with E-state index in [9.17, 15) is 0 Å². The summed E-state index contributed by atoms with van der Waals surface area (Å²) in [5.74, 6) is 0. The molecule has 3 nitrogen and oxygen atoms in total. The van der Waals surface area contributed by atoms with Crippen LogP contribution in [0.1, 0.15) is 52.4 Å². The molecule has 0 aromatic heterocycles. The molecule has 1 atom stereocenters. The van der Waals surface area contributed by atoms with Crippen LogP contribution in [0.5, 0.6) is 0 Å². The molecule has 1 saturated carbocycles. The number of rotatable bonds is 5. The molecule has 2 N–H and O–H groups in total. The lowest BCUT2D eigenvalue weighted by Gasteiger charge is -2.47. The normalized spacial score (nSPS) is 27.5. The van der Waals surface area contributed by atoms with E-state index in [-0.39, 0.29) is 5.54 Å². The van der Waals surface area contributed by atoms with Gasteiger partial charge in [-0.15, -0.1) is 0 Å². The molecule has 0 radical (unpaired) electrons. The first-order valence-electron chi connectivity index (χ1n) is 7.89. The molecule has 1 unspecified atom stereocenters. The Morgan fingerprint density at radius 2 is 1.72 bits per heavy atom. The van der Waals surface area contributed by atoms with Crippen LogP contribution in [-0.2, 0) is 0 Å². The van der Waals surface area contributed by atoms with Crippen molar-refractivity contribution in [1.29, 1.82) is 0 Å². The van der Waals surface area contributed by atoms with Crippen LogP contribution in [0.2, 0.25) is 0 Å². The molecular weight excluding hydrogens is 222 g/mol. The van der Waals surface area contributed by atoms with Crippen LogP contribution < -0.4 is 5.73 Å². The monoisotopic (exact) mass is 253 g/mol. The first-order valence-corrected chi connectivity index (χ1v) is 7.89. The van der Waals surface area contributed by atoms with Gasteiger partial charge in [-0.1, -0.05) is 26.2 Å². The Balaban J connectivity index is 1.84. The lowest BCUT2D eigenvalue weighted by molar-refractivity contribution is 0.0258. The maximum atomic E-state index is 6.03. The standard InChI is InChI=1S/C15H31N3/c1-3-8-15(2,13-16)18-11-9-17(10-12-18)14-6-4-5-7-14/h14H,3-13,16H2,1-2H3. The third-order valence-corrected chi connectivity index (χ3v) is 5.15. The van der Waals surface area contributed by atoms with E-state index in [0.29, 0.717) is 0 Å². The second kappa shape index (κ2) is 6.36. The minimum absolute atomic E-state index is 0.233. The lowest BCUT2D eigenvalue weighted by Crippen LogP contribution is -2.59. The summed E-state index contributed by atoms with van der Waals surface area (Å²) in [5.41, 5.74) is 6.26. The van der Waals surface area contributed by atoms with E-state index in [0.717, 1.165) is 12.6 Å². The smallest absolute Gasteiger partial charge is 0.0304 e. The van der Waals surface area contributed by atoms with E-state index in [1.807, 2.05) is 0 Å². The molecule has 1 heterocycles. The van der Waals surface area contributed by atoms with Gasteiger partial charge < -0.3 is 5.73 Å². The van der Waals surface area contributed by atoms with Crippen molar-refractivity contribution in [2.45, 2.75) is 64.0 Å². The van der Waals surface area contributed by atoms with Crippen molar-refractivity contribution in [3.63, 3.8) is 0 Å². The molecule has 1 saturated heterocycles. The highest BCUT2D eigenvalue weighted by Gasteiger charge is 2.34. The zero-order chi connectivity index (χ0) is 13.0. The Labute approximate surface area is 113 Å². The summed E-state index contributed by atoms with van der Waals surface area (Å²) in [6.45, 7) is 10.3. The minimum Gasteiger partial charge on any atom is -0.329 e. The second-order valence-corrected chi connectivity index (χ2v) is 6.41. The van der Waals surface area contributed by atoms with Crippen LogP contribution in [0.15, 0.2) is 0 Å². The molecule has 1 aliphatic heterocycles. The summed E-state index contributed by atoms with van der Waals surface area (Å²) >= 11 is 0. The Bertz CT molecular complexity index is 242. The number of nitrogens with zero attached hydrogens (tertiary/aromatic N) is 2. The predicted octanol–water partition coefficient (Wildman–Crippen LogP) is 2.06. The lowest BCUT2D eigenvalue weighted by atomic mass is 9.93. The van der Waals surface area contributed by atoms with E-state index in [4.69, 9.17) is 5.73 Å². The van der Waals surface area contributed by atoms with E-state index in [1.54, 1.807) is 0 Å². The van der Waals surface area contributed by atoms with E-state index >= 15 is 0 Å². The van der Waals surface area contributed by atoms with Crippen molar-refractivity contribution in [2.24, 2.45) is 5.73 Å². The van der Waals surface area contributed by atoms with Crippen molar-refractivity contribution in [2.75, 3.05) is 32.7 Å². The van der Waals surface area contributed by atoms with Gasteiger partial charge in [0.2, 0.25) is 0 Å². The highest BCUT2D eigenvalue weighted by molar-refractivity contribution is 4.91. The van der Waals surface area contributed by atoms with Gasteiger partial charge in [-0.25, -0.2) is 0 Å². The average molecular weight is 253 g/mol. The van der Waals surface area contributed by atoms with Crippen molar-refractivity contribution < 1.29 is 0 Å². The first-order chi connectivity index (χ1) is 8.69. The molecular formula is C15H31N3. The summed E-state index contributed by atoms with van der Waals surface area (Å²) in [6.07, 6.45) is 8.22. The maximum Gasteiger partial charge on any atom is 0.0304 e. The van der Waals surface area contributed by atoms with Crippen LogP contribution in [0.4, 0.5) is 0 Å². The number of hydrogen-bond acceptors (Lipinski definition) is 3. The Hall–Kier alpha value is -0.120. The summed E-state index contributed by atoms with van der Waals surface area (Å²) in [5, 5.41) is 0. The third-order valence-electron chi connectivity index (χ3n) is 5.15. The molecule has 0 amide bonds. The van der Waals surface area contributed by atoms with Gasteiger partial charge in [0.25, 0.3) is 0 Å².